The lowest BCUT2D eigenvalue weighted by Crippen LogP contribution is -2.42. The highest BCUT2D eigenvalue weighted by Gasteiger charge is 2.26. The molecule has 0 radical (unpaired) electrons. The van der Waals surface area contributed by atoms with E-state index in [0.29, 0.717) is 43.2 Å². The van der Waals surface area contributed by atoms with Gasteiger partial charge in [-0.2, -0.15) is 0 Å². The highest BCUT2D eigenvalue weighted by Crippen LogP contribution is 2.30. The molecule has 0 saturated carbocycles. The number of amides is 2. The third-order valence-corrected chi connectivity index (χ3v) is 4.01. The number of carbonyl (C=O) groups excluding carboxylic acids is 2. The molecule has 3 rings (SSSR count). The summed E-state index contributed by atoms with van der Waals surface area (Å²) in [4.78, 5) is 25.9. The second kappa shape index (κ2) is 8.38. The summed E-state index contributed by atoms with van der Waals surface area (Å²) in [5.74, 6) is 1.10. The standard InChI is InChI=1S/C20H22N2O4/c1-2-25-17-10-5-6-11-18(17)26-13-7-12-20(24)22-14-19(23)21-15-8-3-4-9-16(15)22/h3-6,8-11H,2,7,12-14H2,1H3,(H,21,23). The summed E-state index contributed by atoms with van der Waals surface area (Å²) in [6.45, 7) is 2.93. The third-order valence-electron chi connectivity index (χ3n) is 4.01. The molecule has 2 aromatic carbocycles. The summed E-state index contributed by atoms with van der Waals surface area (Å²) in [6.07, 6.45) is 0.859. The van der Waals surface area contributed by atoms with Crippen molar-refractivity contribution in [2.45, 2.75) is 19.8 Å². The summed E-state index contributed by atoms with van der Waals surface area (Å²) in [7, 11) is 0. The van der Waals surface area contributed by atoms with E-state index in [1.165, 1.54) is 4.90 Å². The average molecular weight is 354 g/mol. The molecule has 2 aromatic rings. The number of hydrogen-bond donors (Lipinski definition) is 1. The first-order valence-corrected chi connectivity index (χ1v) is 8.73. The number of para-hydroxylation sites is 4. The van der Waals surface area contributed by atoms with E-state index in [-0.39, 0.29) is 18.4 Å². The third kappa shape index (κ3) is 4.14. The normalized spacial score (nSPS) is 13.0. The number of anilines is 2. The van der Waals surface area contributed by atoms with E-state index in [9.17, 15) is 9.59 Å². The Hall–Kier alpha value is -3.02. The zero-order valence-electron chi connectivity index (χ0n) is 14.7. The van der Waals surface area contributed by atoms with Crippen LogP contribution in [-0.2, 0) is 9.59 Å². The molecule has 0 spiro atoms. The maximum Gasteiger partial charge on any atom is 0.244 e. The minimum atomic E-state index is -0.182. The molecule has 1 N–H and O–H groups in total. The number of nitrogens with zero attached hydrogens (tertiary/aromatic N) is 1. The van der Waals surface area contributed by atoms with Gasteiger partial charge in [-0.15, -0.1) is 0 Å². The molecule has 6 nitrogen and oxygen atoms in total. The fraction of sp³-hybridized carbons (Fsp3) is 0.300. The van der Waals surface area contributed by atoms with Crippen molar-refractivity contribution in [2.75, 3.05) is 30.0 Å². The van der Waals surface area contributed by atoms with Crippen LogP contribution < -0.4 is 19.7 Å². The molecule has 136 valence electrons. The molecular weight excluding hydrogens is 332 g/mol. The molecule has 6 heteroatoms. The van der Waals surface area contributed by atoms with Gasteiger partial charge in [0, 0.05) is 6.42 Å². The Morgan fingerprint density at radius 2 is 1.77 bits per heavy atom. The van der Waals surface area contributed by atoms with Crippen LogP contribution in [0.5, 0.6) is 11.5 Å². The maximum atomic E-state index is 12.6. The quantitative estimate of drug-likeness (QED) is 0.775. The Morgan fingerprint density at radius 1 is 1.08 bits per heavy atom. The van der Waals surface area contributed by atoms with Gasteiger partial charge in [0.25, 0.3) is 0 Å². The summed E-state index contributed by atoms with van der Waals surface area (Å²) in [5, 5.41) is 2.78. The number of benzene rings is 2. The van der Waals surface area contributed by atoms with Crippen molar-refractivity contribution in [1.29, 1.82) is 0 Å². The second-order valence-electron chi connectivity index (χ2n) is 5.88. The lowest BCUT2D eigenvalue weighted by Gasteiger charge is -2.29. The average Bonchev–Trinajstić information content (AvgIpc) is 2.65. The van der Waals surface area contributed by atoms with Crippen LogP contribution >= 0.6 is 0 Å². The van der Waals surface area contributed by atoms with E-state index >= 15 is 0 Å². The van der Waals surface area contributed by atoms with Gasteiger partial charge in [0.05, 0.1) is 24.6 Å². The minimum absolute atomic E-state index is 0.0455. The Kier molecular flexibility index (Phi) is 5.73. The van der Waals surface area contributed by atoms with Gasteiger partial charge in [0.1, 0.15) is 6.54 Å². The van der Waals surface area contributed by atoms with Crippen molar-refractivity contribution in [2.24, 2.45) is 0 Å². The molecule has 0 aliphatic carbocycles. The van der Waals surface area contributed by atoms with Crippen molar-refractivity contribution in [3.8, 4) is 11.5 Å². The van der Waals surface area contributed by atoms with E-state index in [1.807, 2.05) is 49.4 Å². The van der Waals surface area contributed by atoms with Crippen molar-refractivity contribution < 1.29 is 19.1 Å². The SMILES string of the molecule is CCOc1ccccc1OCCCC(=O)N1CC(=O)Nc2ccccc21. The van der Waals surface area contributed by atoms with Gasteiger partial charge >= 0.3 is 0 Å². The number of carbonyl (C=O) groups is 2. The molecule has 0 aromatic heterocycles. The van der Waals surface area contributed by atoms with Crippen molar-refractivity contribution >= 4 is 23.2 Å². The maximum absolute atomic E-state index is 12.6. The monoisotopic (exact) mass is 354 g/mol. The Morgan fingerprint density at radius 3 is 2.54 bits per heavy atom. The van der Waals surface area contributed by atoms with Crippen LogP contribution in [0.2, 0.25) is 0 Å². The van der Waals surface area contributed by atoms with Crippen LogP contribution in [-0.4, -0.2) is 31.6 Å². The lowest BCUT2D eigenvalue weighted by atomic mass is 10.1. The number of rotatable bonds is 7. The Bertz CT molecular complexity index is 791. The molecule has 2 amide bonds. The summed E-state index contributed by atoms with van der Waals surface area (Å²) < 4.78 is 11.3. The van der Waals surface area contributed by atoms with Crippen LogP contribution in [0.3, 0.4) is 0 Å². The van der Waals surface area contributed by atoms with Gasteiger partial charge in [0.2, 0.25) is 11.8 Å². The van der Waals surface area contributed by atoms with Gasteiger partial charge in [0.15, 0.2) is 11.5 Å². The second-order valence-corrected chi connectivity index (χ2v) is 5.88. The molecule has 0 saturated heterocycles. The fourth-order valence-electron chi connectivity index (χ4n) is 2.84. The van der Waals surface area contributed by atoms with Crippen LogP contribution in [0.4, 0.5) is 11.4 Å². The number of fused-ring (bicyclic) bond motifs is 1. The van der Waals surface area contributed by atoms with Crippen molar-refractivity contribution in [3.05, 3.63) is 48.5 Å². The van der Waals surface area contributed by atoms with E-state index in [2.05, 4.69) is 5.32 Å². The van der Waals surface area contributed by atoms with E-state index in [1.54, 1.807) is 6.07 Å². The molecule has 1 heterocycles. The predicted octanol–water partition coefficient (Wildman–Crippen LogP) is 3.23. The molecule has 0 atom stereocenters. The smallest absolute Gasteiger partial charge is 0.244 e. The van der Waals surface area contributed by atoms with Crippen molar-refractivity contribution in [3.63, 3.8) is 0 Å². The van der Waals surface area contributed by atoms with E-state index in [0.717, 1.165) is 5.69 Å². The zero-order chi connectivity index (χ0) is 18.4. The minimum Gasteiger partial charge on any atom is -0.490 e. The van der Waals surface area contributed by atoms with Gasteiger partial charge in [-0.25, -0.2) is 0 Å². The Balaban J connectivity index is 1.55. The van der Waals surface area contributed by atoms with Gasteiger partial charge in [-0.05, 0) is 37.6 Å². The van der Waals surface area contributed by atoms with Crippen LogP contribution in [0, 0.1) is 0 Å². The highest BCUT2D eigenvalue weighted by molar-refractivity contribution is 6.09. The first-order chi connectivity index (χ1) is 12.7. The molecule has 26 heavy (non-hydrogen) atoms. The predicted molar refractivity (Wildman–Crippen MR) is 99.8 cm³/mol. The largest absolute Gasteiger partial charge is 0.490 e. The first-order valence-electron chi connectivity index (χ1n) is 8.73. The van der Waals surface area contributed by atoms with Gasteiger partial charge < -0.3 is 19.7 Å². The topological polar surface area (TPSA) is 67.9 Å². The summed E-state index contributed by atoms with van der Waals surface area (Å²) in [5.41, 5.74) is 1.40. The van der Waals surface area contributed by atoms with Crippen LogP contribution in [0.15, 0.2) is 48.5 Å². The zero-order valence-corrected chi connectivity index (χ0v) is 14.7. The molecule has 1 aliphatic heterocycles. The van der Waals surface area contributed by atoms with Crippen LogP contribution in [0.1, 0.15) is 19.8 Å². The molecule has 0 unspecified atom stereocenters. The molecule has 0 fully saturated rings. The van der Waals surface area contributed by atoms with E-state index < -0.39 is 0 Å². The molecule has 1 aliphatic rings. The molecular formula is C20H22N2O4. The summed E-state index contributed by atoms with van der Waals surface area (Å²) in [6, 6.07) is 14.8. The van der Waals surface area contributed by atoms with Crippen molar-refractivity contribution in [1.82, 2.24) is 0 Å². The lowest BCUT2D eigenvalue weighted by molar-refractivity contribution is -0.122. The number of hydrogen-bond acceptors (Lipinski definition) is 4. The highest BCUT2D eigenvalue weighted by atomic mass is 16.5. The number of ether oxygens (including phenoxy) is 2. The van der Waals surface area contributed by atoms with Gasteiger partial charge in [-0.1, -0.05) is 24.3 Å². The number of nitrogens with one attached hydrogen (secondary N) is 1. The van der Waals surface area contributed by atoms with E-state index in [4.69, 9.17) is 9.47 Å². The Labute approximate surface area is 152 Å². The summed E-state index contributed by atoms with van der Waals surface area (Å²) >= 11 is 0. The van der Waals surface area contributed by atoms with Crippen LogP contribution in [0.25, 0.3) is 0 Å². The first kappa shape index (κ1) is 17.8. The molecule has 0 bridgehead atoms. The van der Waals surface area contributed by atoms with Gasteiger partial charge in [-0.3, -0.25) is 9.59 Å². The fourth-order valence-corrected chi connectivity index (χ4v) is 2.84.